The number of benzene rings is 1. The molecule has 0 saturated heterocycles. The van der Waals surface area contributed by atoms with Crippen LogP contribution in [0.5, 0.6) is 0 Å². The summed E-state index contributed by atoms with van der Waals surface area (Å²) in [6.07, 6.45) is 0.991. The highest BCUT2D eigenvalue weighted by molar-refractivity contribution is 8.13. The maximum atomic E-state index is 11.1. The minimum Gasteiger partial charge on any atom is -0.298 e. The van der Waals surface area contributed by atoms with E-state index in [1.807, 2.05) is 0 Å². The second-order valence-electron chi connectivity index (χ2n) is 3.06. The highest BCUT2D eigenvalue weighted by Crippen LogP contribution is 2.22. The summed E-state index contributed by atoms with van der Waals surface area (Å²) in [4.78, 5) is 10.6. The zero-order valence-corrected chi connectivity index (χ0v) is 9.97. The molecule has 0 N–H and O–H groups in total. The fourth-order valence-corrected chi connectivity index (χ4v) is 2.16. The molecule has 1 rings (SSSR count). The van der Waals surface area contributed by atoms with Gasteiger partial charge in [-0.05, 0) is 24.1 Å². The molecule has 0 radical (unpaired) electrons. The lowest BCUT2D eigenvalue weighted by molar-refractivity contribution is 0.112. The van der Waals surface area contributed by atoms with Crippen molar-refractivity contribution in [1.82, 2.24) is 0 Å². The van der Waals surface area contributed by atoms with Gasteiger partial charge in [-0.2, -0.15) is 5.26 Å². The van der Waals surface area contributed by atoms with Crippen molar-refractivity contribution < 1.29 is 13.2 Å². The van der Waals surface area contributed by atoms with Crippen LogP contribution in [0.2, 0.25) is 0 Å². The topological polar surface area (TPSA) is 75.0 Å². The number of nitrogens with zero attached hydrogens (tertiary/aromatic N) is 1. The van der Waals surface area contributed by atoms with E-state index in [2.05, 4.69) is 0 Å². The normalized spacial score (nSPS) is 10.8. The highest BCUT2D eigenvalue weighted by Gasteiger charge is 2.16. The largest absolute Gasteiger partial charge is 0.298 e. The van der Waals surface area contributed by atoms with Gasteiger partial charge in [0.25, 0.3) is 9.05 Å². The zero-order valence-electron chi connectivity index (χ0n) is 8.40. The van der Waals surface area contributed by atoms with Crippen LogP contribution in [0.4, 0.5) is 0 Å². The molecule has 0 aromatic heterocycles. The van der Waals surface area contributed by atoms with Crippen LogP contribution in [0.1, 0.15) is 28.4 Å². The lowest BCUT2D eigenvalue weighted by Crippen LogP contribution is -2.00. The molecule has 1 aromatic carbocycles. The van der Waals surface area contributed by atoms with Gasteiger partial charge in [-0.15, -0.1) is 0 Å². The molecule has 0 fully saturated rings. The Bertz CT molecular complexity index is 572. The summed E-state index contributed by atoms with van der Waals surface area (Å²) in [5.74, 6) is 0. The Morgan fingerprint density at radius 2 is 2.12 bits per heavy atom. The summed E-state index contributed by atoms with van der Waals surface area (Å²) in [6.45, 7) is 1.76. The van der Waals surface area contributed by atoms with Gasteiger partial charge in [0.2, 0.25) is 0 Å². The molecule has 0 unspecified atom stereocenters. The molecule has 0 aliphatic rings. The molecule has 0 amide bonds. The van der Waals surface area contributed by atoms with Gasteiger partial charge < -0.3 is 0 Å². The van der Waals surface area contributed by atoms with Crippen molar-refractivity contribution in [2.24, 2.45) is 0 Å². The van der Waals surface area contributed by atoms with Crippen molar-refractivity contribution >= 4 is 26.0 Å². The van der Waals surface area contributed by atoms with Crippen molar-refractivity contribution in [1.29, 1.82) is 5.26 Å². The van der Waals surface area contributed by atoms with Gasteiger partial charge in [0.05, 0.1) is 16.5 Å². The Labute approximate surface area is 97.9 Å². The summed E-state index contributed by atoms with van der Waals surface area (Å²) in [5, 5.41) is 8.81. The van der Waals surface area contributed by atoms with Crippen molar-refractivity contribution in [3.63, 3.8) is 0 Å². The Kier molecular flexibility index (Phi) is 3.68. The van der Waals surface area contributed by atoms with E-state index in [1.54, 1.807) is 13.0 Å². The molecule has 0 heterocycles. The quantitative estimate of drug-likeness (QED) is 0.612. The SMILES string of the molecule is CCc1cc(S(=O)(=O)Cl)cc(C#N)c1C=O. The first-order chi connectivity index (χ1) is 7.43. The Hall–Kier alpha value is -1.38. The predicted molar refractivity (Wildman–Crippen MR) is 59.0 cm³/mol. The Balaban J connectivity index is 3.64. The molecule has 0 spiro atoms. The molecule has 0 bridgehead atoms. The zero-order chi connectivity index (χ0) is 12.3. The fourth-order valence-electron chi connectivity index (χ4n) is 1.35. The first-order valence-corrected chi connectivity index (χ1v) is 6.71. The standard InChI is InChI=1S/C10H8ClNO3S/c1-2-7-3-9(16(11,14)15)4-8(5-12)10(7)6-13/h3-4,6H,2H2,1H3. The number of hydrogen-bond donors (Lipinski definition) is 0. The fraction of sp³-hybridized carbons (Fsp3) is 0.200. The summed E-state index contributed by atoms with van der Waals surface area (Å²) >= 11 is 0. The summed E-state index contributed by atoms with van der Waals surface area (Å²) in [6, 6.07) is 4.19. The average molecular weight is 258 g/mol. The third kappa shape index (κ3) is 2.40. The van der Waals surface area contributed by atoms with Crippen LogP contribution in [0.25, 0.3) is 0 Å². The molecular formula is C10H8ClNO3S. The van der Waals surface area contributed by atoms with Crippen LogP contribution in [0, 0.1) is 11.3 Å². The second kappa shape index (κ2) is 4.64. The third-order valence-corrected chi connectivity index (χ3v) is 3.47. The number of carbonyl (C=O) groups is 1. The van der Waals surface area contributed by atoms with Crippen molar-refractivity contribution in [2.45, 2.75) is 18.2 Å². The van der Waals surface area contributed by atoms with E-state index < -0.39 is 9.05 Å². The molecule has 0 saturated carbocycles. The number of aldehydes is 1. The summed E-state index contributed by atoms with van der Waals surface area (Å²) in [5.41, 5.74) is 0.732. The van der Waals surface area contributed by atoms with Crippen LogP contribution in [0.15, 0.2) is 17.0 Å². The number of carbonyl (C=O) groups excluding carboxylic acids is 1. The molecule has 0 aliphatic heterocycles. The molecule has 84 valence electrons. The van der Waals surface area contributed by atoms with Crippen molar-refractivity contribution in [2.75, 3.05) is 0 Å². The lowest BCUT2D eigenvalue weighted by atomic mass is 10.0. The van der Waals surface area contributed by atoms with E-state index in [4.69, 9.17) is 15.9 Å². The smallest absolute Gasteiger partial charge is 0.261 e. The lowest BCUT2D eigenvalue weighted by Gasteiger charge is -2.06. The van der Waals surface area contributed by atoms with Crippen LogP contribution in [0.3, 0.4) is 0 Å². The number of halogens is 1. The Morgan fingerprint density at radius 1 is 1.50 bits per heavy atom. The van der Waals surface area contributed by atoms with E-state index in [0.717, 1.165) is 6.07 Å². The van der Waals surface area contributed by atoms with Crippen molar-refractivity contribution in [3.8, 4) is 6.07 Å². The summed E-state index contributed by atoms with van der Waals surface area (Å²) < 4.78 is 22.3. The Morgan fingerprint density at radius 3 is 2.50 bits per heavy atom. The third-order valence-electron chi connectivity index (χ3n) is 2.14. The van der Waals surface area contributed by atoms with Gasteiger partial charge in [0.15, 0.2) is 6.29 Å². The van der Waals surface area contributed by atoms with Gasteiger partial charge in [0, 0.05) is 16.2 Å². The van der Waals surface area contributed by atoms with Crippen LogP contribution < -0.4 is 0 Å². The minimum atomic E-state index is -3.89. The van der Waals surface area contributed by atoms with Crippen LogP contribution in [-0.2, 0) is 15.5 Å². The van der Waals surface area contributed by atoms with Gasteiger partial charge in [0.1, 0.15) is 0 Å². The molecule has 1 aromatic rings. The van der Waals surface area contributed by atoms with E-state index in [9.17, 15) is 13.2 Å². The van der Waals surface area contributed by atoms with Gasteiger partial charge in [-0.25, -0.2) is 8.42 Å². The van der Waals surface area contributed by atoms with E-state index in [0.29, 0.717) is 18.3 Å². The maximum absolute atomic E-state index is 11.1. The highest BCUT2D eigenvalue weighted by atomic mass is 35.7. The van der Waals surface area contributed by atoms with E-state index in [-0.39, 0.29) is 16.0 Å². The molecule has 0 aliphatic carbocycles. The van der Waals surface area contributed by atoms with Gasteiger partial charge in [-0.1, -0.05) is 6.92 Å². The maximum Gasteiger partial charge on any atom is 0.261 e. The number of rotatable bonds is 3. The van der Waals surface area contributed by atoms with Gasteiger partial charge >= 0.3 is 0 Å². The molecule has 6 heteroatoms. The summed E-state index contributed by atoms with van der Waals surface area (Å²) in [7, 11) is 1.30. The number of hydrogen-bond acceptors (Lipinski definition) is 4. The average Bonchev–Trinajstić information content (AvgIpc) is 2.25. The molecule has 16 heavy (non-hydrogen) atoms. The van der Waals surface area contributed by atoms with Crippen LogP contribution in [-0.4, -0.2) is 14.7 Å². The van der Waals surface area contributed by atoms with Crippen molar-refractivity contribution in [3.05, 3.63) is 28.8 Å². The first kappa shape index (κ1) is 12.7. The van der Waals surface area contributed by atoms with Gasteiger partial charge in [-0.3, -0.25) is 4.79 Å². The molecule has 4 nitrogen and oxygen atoms in total. The second-order valence-corrected chi connectivity index (χ2v) is 5.63. The minimum absolute atomic E-state index is 0.0218. The predicted octanol–water partition coefficient (Wildman–Crippen LogP) is 1.86. The number of nitriles is 1. The van der Waals surface area contributed by atoms with E-state index >= 15 is 0 Å². The molecular weight excluding hydrogens is 250 g/mol. The number of aryl methyl sites for hydroxylation is 1. The molecule has 0 atom stereocenters. The van der Waals surface area contributed by atoms with Crippen LogP contribution >= 0.6 is 10.7 Å². The van der Waals surface area contributed by atoms with E-state index in [1.165, 1.54) is 6.07 Å². The monoisotopic (exact) mass is 257 g/mol. The first-order valence-electron chi connectivity index (χ1n) is 4.41.